The molecule has 0 aliphatic rings. The minimum Gasteiger partial charge on any atom is -0.544 e. The molecule has 0 N–H and O–H groups in total. The Bertz CT molecular complexity index is 993. The molecule has 2 atom stereocenters. The van der Waals surface area contributed by atoms with Crippen LogP contribution in [0.5, 0.6) is 0 Å². The number of hydrogen-bond donors (Lipinski definition) is 0. The first-order valence-corrected chi connectivity index (χ1v) is 25.7. The molecule has 0 aromatic heterocycles. The zero-order valence-corrected chi connectivity index (χ0v) is 40.4. The highest BCUT2D eigenvalue weighted by atomic mass is 16.6. The number of esters is 2. The second-order valence-corrected chi connectivity index (χ2v) is 18.8. The third-order valence-corrected chi connectivity index (χ3v) is 11.9. The van der Waals surface area contributed by atoms with Crippen molar-refractivity contribution in [2.45, 2.75) is 264 Å². The average molecular weight is 850 g/mol. The fourth-order valence-corrected chi connectivity index (χ4v) is 7.89. The van der Waals surface area contributed by atoms with Crippen LogP contribution < -0.4 is 5.11 Å². The maximum atomic E-state index is 12.8. The molecule has 0 heterocycles. The maximum Gasteiger partial charge on any atom is 0.306 e. The molecular weight excluding hydrogens is 751 g/mol. The molecule has 8 heteroatoms. The highest BCUT2D eigenvalue weighted by Crippen LogP contribution is 2.17. The second kappa shape index (κ2) is 43.7. The molecule has 0 fully saturated rings. The molecule has 8 nitrogen and oxygen atoms in total. The van der Waals surface area contributed by atoms with Gasteiger partial charge >= 0.3 is 11.9 Å². The van der Waals surface area contributed by atoms with Gasteiger partial charge in [0, 0.05) is 19.3 Å². The van der Waals surface area contributed by atoms with Crippen LogP contribution in [0.1, 0.15) is 251 Å². The van der Waals surface area contributed by atoms with Crippen LogP contribution in [0.3, 0.4) is 0 Å². The largest absolute Gasteiger partial charge is 0.544 e. The van der Waals surface area contributed by atoms with Gasteiger partial charge in [0.25, 0.3) is 0 Å². The second-order valence-electron chi connectivity index (χ2n) is 18.8. The van der Waals surface area contributed by atoms with Gasteiger partial charge in [-0.15, -0.1) is 0 Å². The van der Waals surface area contributed by atoms with E-state index < -0.39 is 18.1 Å². The summed E-state index contributed by atoms with van der Waals surface area (Å²) in [5, 5.41) is 11.6. The van der Waals surface area contributed by atoms with Crippen LogP contribution in [0.25, 0.3) is 0 Å². The number of rotatable bonds is 47. The van der Waals surface area contributed by atoms with Gasteiger partial charge in [0.2, 0.25) is 0 Å². The number of ether oxygens (including phenoxy) is 3. The molecule has 0 saturated heterocycles. The van der Waals surface area contributed by atoms with Crippen LogP contribution in [0.15, 0.2) is 12.2 Å². The molecule has 0 rings (SSSR count). The molecular formula is C52H99NO7. The van der Waals surface area contributed by atoms with Gasteiger partial charge in [0.15, 0.2) is 6.10 Å². The standard InChI is InChI=1S/C52H99NO7/c1-6-8-10-12-14-16-18-20-22-23-24-25-26-27-28-29-31-33-35-37-39-41-43-51(55)60-48(46-58-45-44-49(52(56)57)53(3,4)5)47-59-50(54)42-40-38-36-34-32-30-21-19-17-15-13-11-9-7-2/h30,32,48-49H,6-29,31,33-47H2,1-5H3/b32-30+. The lowest BCUT2D eigenvalue weighted by atomic mass is 10.0. The molecule has 2 unspecified atom stereocenters. The monoisotopic (exact) mass is 850 g/mol. The van der Waals surface area contributed by atoms with Gasteiger partial charge in [-0.25, -0.2) is 0 Å². The van der Waals surface area contributed by atoms with Gasteiger partial charge in [-0.3, -0.25) is 9.59 Å². The van der Waals surface area contributed by atoms with Crippen molar-refractivity contribution in [3.05, 3.63) is 12.2 Å². The third-order valence-electron chi connectivity index (χ3n) is 11.9. The number of likely N-dealkylation sites (N-methyl/N-ethyl adjacent to an activating group) is 1. The van der Waals surface area contributed by atoms with Crippen molar-refractivity contribution in [3.63, 3.8) is 0 Å². The Labute approximate surface area is 371 Å². The number of hydrogen-bond acceptors (Lipinski definition) is 7. The van der Waals surface area contributed by atoms with Crippen molar-refractivity contribution in [3.8, 4) is 0 Å². The van der Waals surface area contributed by atoms with Crippen LogP contribution in [-0.4, -0.2) is 75.5 Å². The van der Waals surface area contributed by atoms with E-state index in [-0.39, 0.29) is 42.7 Å². The summed E-state index contributed by atoms with van der Waals surface area (Å²) in [5.74, 6) is -1.73. The van der Waals surface area contributed by atoms with Gasteiger partial charge < -0.3 is 28.6 Å². The predicted octanol–water partition coefficient (Wildman–Crippen LogP) is 13.3. The summed E-state index contributed by atoms with van der Waals surface area (Å²) in [5.41, 5.74) is 0. The van der Waals surface area contributed by atoms with E-state index in [9.17, 15) is 19.5 Å². The lowest BCUT2D eigenvalue weighted by Crippen LogP contribution is -2.55. The van der Waals surface area contributed by atoms with Crippen molar-refractivity contribution >= 4 is 17.9 Å². The zero-order valence-electron chi connectivity index (χ0n) is 40.4. The van der Waals surface area contributed by atoms with Crippen LogP contribution in [0, 0.1) is 0 Å². The van der Waals surface area contributed by atoms with Gasteiger partial charge in [-0.1, -0.05) is 206 Å². The number of quaternary nitrogens is 1. The molecule has 0 saturated carbocycles. The van der Waals surface area contributed by atoms with Crippen molar-refractivity contribution in [2.24, 2.45) is 0 Å². The van der Waals surface area contributed by atoms with E-state index in [4.69, 9.17) is 14.2 Å². The summed E-state index contributed by atoms with van der Waals surface area (Å²) in [7, 11) is 5.42. The number of carbonyl (C=O) groups is 3. The average Bonchev–Trinajstić information content (AvgIpc) is 3.21. The quantitative estimate of drug-likeness (QED) is 0.0260. The Hall–Kier alpha value is -1.93. The van der Waals surface area contributed by atoms with Crippen LogP contribution in [0.4, 0.5) is 0 Å². The highest BCUT2D eigenvalue weighted by molar-refractivity contribution is 5.70. The van der Waals surface area contributed by atoms with E-state index in [0.29, 0.717) is 12.8 Å². The van der Waals surface area contributed by atoms with Crippen molar-refractivity contribution in [2.75, 3.05) is 41.0 Å². The summed E-state index contributed by atoms with van der Waals surface area (Å²) in [6.45, 7) is 4.69. The summed E-state index contributed by atoms with van der Waals surface area (Å²) in [4.78, 5) is 37.0. The Morgan fingerprint density at radius 2 is 0.833 bits per heavy atom. The van der Waals surface area contributed by atoms with E-state index >= 15 is 0 Å². The lowest BCUT2D eigenvalue weighted by Gasteiger charge is -2.34. The maximum absolute atomic E-state index is 12.8. The van der Waals surface area contributed by atoms with E-state index in [2.05, 4.69) is 26.0 Å². The number of unbranched alkanes of at least 4 members (excludes halogenated alkanes) is 31. The first-order valence-electron chi connectivity index (χ1n) is 25.7. The van der Waals surface area contributed by atoms with Gasteiger partial charge in [-0.05, 0) is 38.5 Å². The van der Waals surface area contributed by atoms with Crippen LogP contribution in [-0.2, 0) is 28.6 Å². The molecule has 0 aliphatic carbocycles. The van der Waals surface area contributed by atoms with Crippen molar-refractivity contribution in [1.29, 1.82) is 0 Å². The molecule has 0 bridgehead atoms. The molecule has 0 radical (unpaired) electrons. The highest BCUT2D eigenvalue weighted by Gasteiger charge is 2.25. The summed E-state index contributed by atoms with van der Waals surface area (Å²) in [6, 6.07) is -0.724. The van der Waals surface area contributed by atoms with Gasteiger partial charge in [-0.2, -0.15) is 0 Å². The van der Waals surface area contributed by atoms with Crippen molar-refractivity contribution < 1.29 is 38.2 Å². The Morgan fingerprint density at radius 1 is 0.483 bits per heavy atom. The lowest BCUT2D eigenvalue weighted by molar-refractivity contribution is -0.889. The molecule has 0 aliphatic heterocycles. The van der Waals surface area contributed by atoms with Crippen LogP contribution in [0.2, 0.25) is 0 Å². The smallest absolute Gasteiger partial charge is 0.306 e. The number of carboxylic acids is 1. The first-order chi connectivity index (χ1) is 29.1. The fourth-order valence-electron chi connectivity index (χ4n) is 7.89. The minimum atomic E-state index is -1.12. The Kier molecular flexibility index (Phi) is 42.3. The molecule has 0 aromatic carbocycles. The number of aliphatic carboxylic acids is 1. The molecule has 60 heavy (non-hydrogen) atoms. The molecule has 0 spiro atoms. The first kappa shape index (κ1) is 58.1. The predicted molar refractivity (Wildman–Crippen MR) is 250 cm³/mol. The Balaban J connectivity index is 4.18. The summed E-state index contributed by atoms with van der Waals surface area (Å²) < 4.78 is 17.2. The van der Waals surface area contributed by atoms with Gasteiger partial charge in [0.05, 0.1) is 40.3 Å². The number of carbonyl (C=O) groups excluding carboxylic acids is 3. The van der Waals surface area contributed by atoms with E-state index in [1.807, 2.05) is 0 Å². The summed E-state index contributed by atoms with van der Waals surface area (Å²) >= 11 is 0. The van der Waals surface area contributed by atoms with E-state index in [1.54, 1.807) is 21.1 Å². The van der Waals surface area contributed by atoms with E-state index in [1.165, 1.54) is 167 Å². The van der Waals surface area contributed by atoms with E-state index in [0.717, 1.165) is 51.4 Å². The third kappa shape index (κ3) is 41.4. The minimum absolute atomic E-state index is 0.0421. The topological polar surface area (TPSA) is 102 Å². The number of allylic oxidation sites excluding steroid dienone is 2. The Morgan fingerprint density at radius 3 is 1.22 bits per heavy atom. The fraction of sp³-hybridized carbons (Fsp3) is 0.904. The van der Waals surface area contributed by atoms with Gasteiger partial charge in [0.1, 0.15) is 12.6 Å². The van der Waals surface area contributed by atoms with Crippen molar-refractivity contribution in [1.82, 2.24) is 0 Å². The van der Waals surface area contributed by atoms with Crippen LogP contribution >= 0.6 is 0 Å². The molecule has 354 valence electrons. The number of nitrogens with zero attached hydrogens (tertiary/aromatic N) is 1. The molecule has 0 aromatic rings. The SMILES string of the molecule is CCCCCCCCC/C=C/CCCCCC(=O)OCC(COCCC(C(=O)[O-])[N+](C)(C)C)OC(=O)CCCCCCCCCCCCCCCCCCCCCCCC. The normalized spacial score (nSPS) is 12.9. The number of carboxylic acid groups (broad SMARTS) is 1. The summed E-state index contributed by atoms with van der Waals surface area (Å²) in [6.07, 6.45) is 48.2. The zero-order chi connectivity index (χ0) is 44.2. The molecule has 0 amide bonds.